The Morgan fingerprint density at radius 3 is 3.00 bits per heavy atom. The third-order valence-corrected chi connectivity index (χ3v) is 3.91. The van der Waals surface area contributed by atoms with Crippen molar-refractivity contribution in [2.45, 2.75) is 26.3 Å². The van der Waals surface area contributed by atoms with Gasteiger partial charge in [-0.15, -0.1) is 0 Å². The molecule has 96 valence electrons. The molecule has 3 rings (SSSR count). The third-order valence-electron chi connectivity index (χ3n) is 3.91. The van der Waals surface area contributed by atoms with Gasteiger partial charge in [-0.2, -0.15) is 5.26 Å². The van der Waals surface area contributed by atoms with Crippen LogP contribution in [-0.4, -0.2) is 23.5 Å². The lowest BCUT2D eigenvalue weighted by Gasteiger charge is -2.25. The Hall–Kier alpha value is -1.92. The van der Waals surface area contributed by atoms with Crippen LogP contribution in [0.15, 0.2) is 18.2 Å². The molecule has 0 radical (unpaired) electrons. The van der Waals surface area contributed by atoms with Crippen LogP contribution in [0, 0.1) is 11.3 Å². The molecule has 2 heterocycles. The maximum absolute atomic E-state index is 9.55. The van der Waals surface area contributed by atoms with Crippen molar-refractivity contribution >= 4 is 10.9 Å². The monoisotopic (exact) mass is 251 g/mol. The molecule has 0 saturated heterocycles. The van der Waals surface area contributed by atoms with E-state index >= 15 is 0 Å². The molecule has 0 aliphatic carbocycles. The minimum absolute atomic E-state index is 0.821. The molecule has 2 aromatic rings. The summed E-state index contributed by atoms with van der Waals surface area (Å²) in [6.45, 7) is 3.98. The highest BCUT2D eigenvalue weighted by Crippen LogP contribution is 2.27. The maximum atomic E-state index is 9.55. The minimum atomic E-state index is 0.821. The van der Waals surface area contributed by atoms with Gasteiger partial charge in [-0.3, -0.25) is 4.98 Å². The van der Waals surface area contributed by atoms with Gasteiger partial charge in [-0.05, 0) is 31.2 Å². The number of hydrogen-bond donors (Lipinski definition) is 0. The highest BCUT2D eigenvalue weighted by atomic mass is 15.1. The lowest BCUT2D eigenvalue weighted by molar-refractivity contribution is 0.310. The van der Waals surface area contributed by atoms with Gasteiger partial charge in [-0.1, -0.05) is 13.0 Å². The molecule has 0 fully saturated rings. The second-order valence-electron chi connectivity index (χ2n) is 5.22. The van der Waals surface area contributed by atoms with Crippen LogP contribution >= 0.6 is 0 Å². The van der Waals surface area contributed by atoms with E-state index in [0.29, 0.717) is 0 Å². The minimum Gasteiger partial charge on any atom is -0.302 e. The van der Waals surface area contributed by atoms with Crippen molar-refractivity contribution in [2.75, 3.05) is 13.6 Å². The number of benzene rings is 1. The number of hydrogen-bond acceptors (Lipinski definition) is 3. The molecule has 1 aromatic heterocycles. The summed E-state index contributed by atoms with van der Waals surface area (Å²) < 4.78 is 0. The van der Waals surface area contributed by atoms with Gasteiger partial charge in [0.15, 0.2) is 0 Å². The lowest BCUT2D eigenvalue weighted by Crippen LogP contribution is -2.28. The Balaban J connectivity index is 2.31. The van der Waals surface area contributed by atoms with Crippen LogP contribution in [0.4, 0.5) is 0 Å². The smallest absolute Gasteiger partial charge is 0.100 e. The van der Waals surface area contributed by atoms with Crippen molar-refractivity contribution in [3.05, 3.63) is 40.6 Å². The van der Waals surface area contributed by atoms with Crippen molar-refractivity contribution in [3.63, 3.8) is 0 Å². The first-order valence-electron chi connectivity index (χ1n) is 6.76. The molecule has 3 heteroatoms. The quantitative estimate of drug-likeness (QED) is 0.782. The Bertz CT molecular complexity index is 682. The SMILES string of the molecule is CCc1ccc2nc3c(c(C#N)c2c1)CN(C)CC3. The molecule has 0 amide bonds. The number of nitriles is 1. The third kappa shape index (κ3) is 1.98. The highest BCUT2D eigenvalue weighted by molar-refractivity contribution is 5.87. The Labute approximate surface area is 113 Å². The van der Waals surface area contributed by atoms with Gasteiger partial charge >= 0.3 is 0 Å². The number of rotatable bonds is 1. The van der Waals surface area contributed by atoms with Crippen LogP contribution < -0.4 is 0 Å². The van der Waals surface area contributed by atoms with Crippen molar-refractivity contribution < 1.29 is 0 Å². The van der Waals surface area contributed by atoms with Crippen LogP contribution in [0.25, 0.3) is 10.9 Å². The molecule has 1 aliphatic heterocycles. The van der Waals surface area contributed by atoms with Crippen LogP contribution in [0.1, 0.15) is 29.3 Å². The first-order valence-corrected chi connectivity index (χ1v) is 6.76. The molecule has 0 spiro atoms. The second kappa shape index (κ2) is 4.64. The second-order valence-corrected chi connectivity index (χ2v) is 5.22. The Kier molecular flexibility index (Phi) is 2.96. The molecule has 0 unspecified atom stereocenters. The summed E-state index contributed by atoms with van der Waals surface area (Å²) in [7, 11) is 2.09. The summed E-state index contributed by atoms with van der Waals surface area (Å²) >= 11 is 0. The van der Waals surface area contributed by atoms with Gasteiger partial charge in [0, 0.05) is 36.2 Å². The molecular weight excluding hydrogens is 234 g/mol. The van der Waals surface area contributed by atoms with E-state index in [9.17, 15) is 5.26 Å². The number of likely N-dealkylation sites (N-methyl/N-ethyl adjacent to an activating group) is 1. The van der Waals surface area contributed by atoms with Gasteiger partial charge in [0.2, 0.25) is 0 Å². The molecule has 0 N–H and O–H groups in total. The molecule has 3 nitrogen and oxygen atoms in total. The predicted octanol–water partition coefficient (Wildman–Crippen LogP) is 2.66. The summed E-state index contributed by atoms with van der Waals surface area (Å²) in [4.78, 5) is 7.01. The zero-order valence-corrected chi connectivity index (χ0v) is 11.4. The molecule has 1 aromatic carbocycles. The number of aryl methyl sites for hydroxylation is 1. The topological polar surface area (TPSA) is 39.9 Å². The molecule has 0 bridgehead atoms. The standard InChI is InChI=1S/C16H17N3/c1-3-11-4-5-15-12(8-11)13(9-17)14-10-19(2)7-6-16(14)18-15/h4-5,8H,3,6-7,10H2,1-2H3. The fraction of sp³-hybridized carbons (Fsp3) is 0.375. The van der Waals surface area contributed by atoms with Crippen LogP contribution in [-0.2, 0) is 19.4 Å². The summed E-state index contributed by atoms with van der Waals surface area (Å²) in [6.07, 6.45) is 1.92. The van der Waals surface area contributed by atoms with Crippen molar-refractivity contribution in [1.29, 1.82) is 5.26 Å². The van der Waals surface area contributed by atoms with Gasteiger partial charge in [0.1, 0.15) is 6.07 Å². The van der Waals surface area contributed by atoms with E-state index in [1.54, 1.807) is 0 Å². The molecular formula is C16H17N3. The van der Waals surface area contributed by atoms with E-state index in [-0.39, 0.29) is 0 Å². The van der Waals surface area contributed by atoms with E-state index < -0.39 is 0 Å². The van der Waals surface area contributed by atoms with Gasteiger partial charge in [0.05, 0.1) is 11.1 Å². The number of pyridine rings is 1. The first kappa shape index (κ1) is 12.1. The maximum Gasteiger partial charge on any atom is 0.100 e. The van der Waals surface area contributed by atoms with E-state index in [2.05, 4.69) is 37.1 Å². The fourth-order valence-corrected chi connectivity index (χ4v) is 2.77. The summed E-state index contributed by atoms with van der Waals surface area (Å²) in [5.74, 6) is 0. The highest BCUT2D eigenvalue weighted by Gasteiger charge is 2.20. The van der Waals surface area contributed by atoms with Crippen LogP contribution in [0.2, 0.25) is 0 Å². The fourth-order valence-electron chi connectivity index (χ4n) is 2.77. The van der Waals surface area contributed by atoms with E-state index in [1.165, 1.54) is 5.56 Å². The lowest BCUT2D eigenvalue weighted by atomic mass is 9.95. The van der Waals surface area contributed by atoms with E-state index in [1.807, 2.05) is 6.07 Å². The van der Waals surface area contributed by atoms with Gasteiger partial charge < -0.3 is 4.90 Å². The summed E-state index contributed by atoms with van der Waals surface area (Å²) in [5.41, 5.74) is 5.26. The molecule has 1 aliphatic rings. The summed E-state index contributed by atoms with van der Waals surface area (Å²) in [6, 6.07) is 8.68. The molecule has 19 heavy (non-hydrogen) atoms. The Morgan fingerprint density at radius 2 is 2.26 bits per heavy atom. The average molecular weight is 251 g/mol. The summed E-state index contributed by atoms with van der Waals surface area (Å²) in [5, 5.41) is 10.6. The van der Waals surface area contributed by atoms with Crippen molar-refractivity contribution in [1.82, 2.24) is 9.88 Å². The van der Waals surface area contributed by atoms with Crippen LogP contribution in [0.5, 0.6) is 0 Å². The number of nitrogens with zero attached hydrogens (tertiary/aromatic N) is 3. The zero-order chi connectivity index (χ0) is 13.4. The van der Waals surface area contributed by atoms with Gasteiger partial charge in [0.25, 0.3) is 0 Å². The van der Waals surface area contributed by atoms with Crippen molar-refractivity contribution in [3.8, 4) is 6.07 Å². The van der Waals surface area contributed by atoms with Crippen LogP contribution in [0.3, 0.4) is 0 Å². The number of aromatic nitrogens is 1. The predicted molar refractivity (Wildman–Crippen MR) is 75.9 cm³/mol. The van der Waals surface area contributed by atoms with Crippen molar-refractivity contribution in [2.24, 2.45) is 0 Å². The normalized spacial score (nSPS) is 15.2. The van der Waals surface area contributed by atoms with E-state index in [4.69, 9.17) is 4.98 Å². The molecule has 0 atom stereocenters. The van der Waals surface area contributed by atoms with E-state index in [0.717, 1.165) is 53.7 Å². The number of fused-ring (bicyclic) bond motifs is 2. The van der Waals surface area contributed by atoms with Gasteiger partial charge in [-0.25, -0.2) is 0 Å². The zero-order valence-electron chi connectivity index (χ0n) is 11.4. The largest absolute Gasteiger partial charge is 0.302 e. The average Bonchev–Trinajstić information content (AvgIpc) is 2.44. The first-order chi connectivity index (χ1) is 9.22. The molecule has 0 saturated carbocycles. The Morgan fingerprint density at radius 1 is 1.42 bits per heavy atom.